The number of methoxy groups -OCH3 is 1. The summed E-state index contributed by atoms with van der Waals surface area (Å²) in [6.45, 7) is 0.448. The van der Waals surface area contributed by atoms with Gasteiger partial charge in [-0.05, 0) is 29.8 Å². The zero-order valence-electron chi connectivity index (χ0n) is 10.1. The predicted octanol–water partition coefficient (Wildman–Crippen LogP) is 2.03. The van der Waals surface area contributed by atoms with E-state index >= 15 is 0 Å². The van der Waals surface area contributed by atoms with Crippen molar-refractivity contribution in [3.63, 3.8) is 0 Å². The number of benzene rings is 1. The van der Waals surface area contributed by atoms with Gasteiger partial charge in [-0.15, -0.1) is 0 Å². The Morgan fingerprint density at radius 3 is 3.06 bits per heavy atom. The molecule has 4 heteroatoms. The van der Waals surface area contributed by atoms with Gasteiger partial charge in [-0.2, -0.15) is 0 Å². The lowest BCUT2D eigenvalue weighted by Crippen LogP contribution is -2.13. The Bertz CT molecular complexity index is 584. The molecule has 0 saturated heterocycles. The number of nitrogens with two attached hydrogens (primary N) is 1. The summed E-state index contributed by atoms with van der Waals surface area (Å²) in [5.74, 6) is 1.57. The van der Waals surface area contributed by atoms with Crippen molar-refractivity contribution >= 4 is 0 Å². The SMILES string of the molecule is COc1ccc2c(c1)C(N)c1cccnc1CO2. The van der Waals surface area contributed by atoms with Crippen molar-refractivity contribution in [2.24, 2.45) is 5.73 Å². The molecule has 4 nitrogen and oxygen atoms in total. The maximum Gasteiger partial charge on any atom is 0.131 e. The minimum atomic E-state index is -0.235. The summed E-state index contributed by atoms with van der Waals surface area (Å²) in [5.41, 5.74) is 9.13. The molecule has 2 aromatic rings. The first-order valence-electron chi connectivity index (χ1n) is 5.79. The minimum absolute atomic E-state index is 0.235. The van der Waals surface area contributed by atoms with Gasteiger partial charge < -0.3 is 15.2 Å². The molecule has 1 aliphatic heterocycles. The summed E-state index contributed by atoms with van der Waals surface area (Å²) < 4.78 is 11.0. The Balaban J connectivity index is 2.14. The van der Waals surface area contributed by atoms with Crippen LogP contribution in [0.4, 0.5) is 0 Å². The van der Waals surface area contributed by atoms with Gasteiger partial charge in [0.15, 0.2) is 0 Å². The summed E-state index contributed by atoms with van der Waals surface area (Å²) in [4.78, 5) is 4.32. The third kappa shape index (κ3) is 1.71. The lowest BCUT2D eigenvalue weighted by atomic mass is 9.98. The Kier molecular flexibility index (Phi) is 2.64. The summed E-state index contributed by atoms with van der Waals surface area (Å²) in [6.07, 6.45) is 1.76. The Morgan fingerprint density at radius 2 is 2.22 bits per heavy atom. The van der Waals surface area contributed by atoms with Crippen molar-refractivity contribution < 1.29 is 9.47 Å². The average Bonchev–Trinajstić information content (AvgIpc) is 2.57. The van der Waals surface area contributed by atoms with E-state index in [9.17, 15) is 0 Å². The fourth-order valence-corrected chi connectivity index (χ4v) is 2.20. The summed E-state index contributed by atoms with van der Waals surface area (Å²) >= 11 is 0. The highest BCUT2D eigenvalue weighted by Crippen LogP contribution is 2.35. The van der Waals surface area contributed by atoms with E-state index in [-0.39, 0.29) is 6.04 Å². The van der Waals surface area contributed by atoms with Crippen LogP contribution in [0, 0.1) is 0 Å². The molecule has 0 radical (unpaired) electrons. The van der Waals surface area contributed by atoms with Crippen molar-refractivity contribution in [3.8, 4) is 11.5 Å². The van der Waals surface area contributed by atoms with E-state index in [0.29, 0.717) is 6.61 Å². The van der Waals surface area contributed by atoms with Crippen LogP contribution in [0.3, 0.4) is 0 Å². The van der Waals surface area contributed by atoms with Crippen LogP contribution in [0.2, 0.25) is 0 Å². The molecule has 18 heavy (non-hydrogen) atoms. The molecule has 92 valence electrons. The number of pyridine rings is 1. The molecule has 1 atom stereocenters. The van der Waals surface area contributed by atoms with Gasteiger partial charge in [-0.1, -0.05) is 6.07 Å². The van der Waals surface area contributed by atoms with Crippen LogP contribution in [-0.2, 0) is 6.61 Å². The maximum atomic E-state index is 6.31. The van der Waals surface area contributed by atoms with E-state index < -0.39 is 0 Å². The molecule has 2 heterocycles. The highest BCUT2D eigenvalue weighted by atomic mass is 16.5. The molecule has 1 aromatic heterocycles. The highest BCUT2D eigenvalue weighted by Gasteiger charge is 2.22. The summed E-state index contributed by atoms with van der Waals surface area (Å²) in [5, 5.41) is 0. The van der Waals surface area contributed by atoms with Gasteiger partial charge in [-0.25, -0.2) is 0 Å². The van der Waals surface area contributed by atoms with E-state index in [1.165, 1.54) is 0 Å². The molecule has 1 aliphatic rings. The quantitative estimate of drug-likeness (QED) is 0.831. The van der Waals surface area contributed by atoms with Crippen LogP contribution in [-0.4, -0.2) is 12.1 Å². The fraction of sp³-hybridized carbons (Fsp3) is 0.214. The Morgan fingerprint density at radius 1 is 1.33 bits per heavy atom. The monoisotopic (exact) mass is 242 g/mol. The van der Waals surface area contributed by atoms with Crippen LogP contribution >= 0.6 is 0 Å². The highest BCUT2D eigenvalue weighted by molar-refractivity contribution is 5.48. The van der Waals surface area contributed by atoms with Crippen molar-refractivity contribution in [2.75, 3.05) is 7.11 Å². The van der Waals surface area contributed by atoms with Crippen LogP contribution in [0.5, 0.6) is 11.5 Å². The van der Waals surface area contributed by atoms with E-state index in [1.54, 1.807) is 13.3 Å². The first-order chi connectivity index (χ1) is 8.79. The lowest BCUT2D eigenvalue weighted by molar-refractivity contribution is 0.301. The topological polar surface area (TPSA) is 57.4 Å². The number of hydrogen-bond acceptors (Lipinski definition) is 4. The summed E-state index contributed by atoms with van der Waals surface area (Å²) in [7, 11) is 1.64. The molecule has 0 amide bonds. The minimum Gasteiger partial charge on any atom is -0.497 e. The van der Waals surface area contributed by atoms with Crippen LogP contribution in [0.15, 0.2) is 36.5 Å². The zero-order chi connectivity index (χ0) is 12.5. The predicted molar refractivity (Wildman–Crippen MR) is 67.6 cm³/mol. The Hall–Kier alpha value is -2.07. The molecule has 3 rings (SSSR count). The normalized spacial score (nSPS) is 17.1. The van der Waals surface area contributed by atoms with Gasteiger partial charge in [-0.3, -0.25) is 4.98 Å². The molecular formula is C14H14N2O2. The number of ether oxygens (including phenoxy) is 2. The van der Waals surface area contributed by atoms with E-state index in [1.807, 2.05) is 30.3 Å². The zero-order valence-corrected chi connectivity index (χ0v) is 10.1. The van der Waals surface area contributed by atoms with Crippen molar-refractivity contribution in [2.45, 2.75) is 12.6 Å². The maximum absolute atomic E-state index is 6.31. The third-order valence-electron chi connectivity index (χ3n) is 3.18. The number of fused-ring (bicyclic) bond motifs is 2. The van der Waals surface area contributed by atoms with Gasteiger partial charge in [0.2, 0.25) is 0 Å². The van der Waals surface area contributed by atoms with Gasteiger partial charge in [0.05, 0.1) is 18.8 Å². The number of nitrogens with zero attached hydrogens (tertiary/aromatic N) is 1. The van der Waals surface area contributed by atoms with E-state index in [2.05, 4.69) is 4.98 Å². The standard InChI is InChI=1S/C14H14N2O2/c1-17-9-4-5-13-11(7-9)14(15)10-3-2-6-16-12(10)8-18-13/h2-7,14H,8,15H2,1H3. The molecule has 0 fully saturated rings. The molecule has 0 aliphatic carbocycles. The Labute approximate surface area is 105 Å². The molecule has 1 unspecified atom stereocenters. The van der Waals surface area contributed by atoms with E-state index in [4.69, 9.17) is 15.2 Å². The second-order valence-electron chi connectivity index (χ2n) is 4.21. The van der Waals surface area contributed by atoms with Crippen LogP contribution in [0.1, 0.15) is 22.9 Å². The van der Waals surface area contributed by atoms with Crippen molar-refractivity contribution in [1.29, 1.82) is 0 Å². The second kappa shape index (κ2) is 4.31. The smallest absolute Gasteiger partial charge is 0.131 e. The van der Waals surface area contributed by atoms with Crippen molar-refractivity contribution in [1.82, 2.24) is 4.98 Å². The molecule has 0 bridgehead atoms. The first kappa shape index (κ1) is 11.0. The van der Waals surface area contributed by atoms with Crippen LogP contribution in [0.25, 0.3) is 0 Å². The van der Waals surface area contributed by atoms with Gasteiger partial charge >= 0.3 is 0 Å². The number of aromatic nitrogens is 1. The summed E-state index contributed by atoms with van der Waals surface area (Å²) in [6, 6.07) is 9.33. The molecule has 1 aromatic carbocycles. The molecule has 0 saturated carbocycles. The van der Waals surface area contributed by atoms with E-state index in [0.717, 1.165) is 28.3 Å². The van der Waals surface area contributed by atoms with Gasteiger partial charge in [0.25, 0.3) is 0 Å². The van der Waals surface area contributed by atoms with Gasteiger partial charge in [0.1, 0.15) is 18.1 Å². The van der Waals surface area contributed by atoms with Gasteiger partial charge in [0, 0.05) is 11.8 Å². The second-order valence-corrected chi connectivity index (χ2v) is 4.21. The third-order valence-corrected chi connectivity index (χ3v) is 3.18. The average molecular weight is 242 g/mol. The van der Waals surface area contributed by atoms with Crippen molar-refractivity contribution in [3.05, 3.63) is 53.3 Å². The lowest BCUT2D eigenvalue weighted by Gasteiger charge is -2.14. The van der Waals surface area contributed by atoms with Crippen LogP contribution < -0.4 is 15.2 Å². The number of hydrogen-bond donors (Lipinski definition) is 1. The number of rotatable bonds is 1. The molecule has 0 spiro atoms. The fourth-order valence-electron chi connectivity index (χ4n) is 2.20. The molecule has 2 N–H and O–H groups in total. The largest absolute Gasteiger partial charge is 0.497 e. The molecular weight excluding hydrogens is 228 g/mol. The first-order valence-corrected chi connectivity index (χ1v) is 5.79.